The zero-order chi connectivity index (χ0) is 16.2. The smallest absolute Gasteiger partial charge is 0.225 e. The van der Waals surface area contributed by atoms with Crippen LogP contribution in [0.15, 0.2) is 17.5 Å². The summed E-state index contributed by atoms with van der Waals surface area (Å²) >= 11 is 1.75. The number of ether oxygens (including phenoxy) is 1. The van der Waals surface area contributed by atoms with E-state index in [1.807, 2.05) is 0 Å². The van der Waals surface area contributed by atoms with E-state index in [9.17, 15) is 4.79 Å². The second-order valence-electron chi connectivity index (χ2n) is 7.06. The number of likely N-dealkylation sites (tertiary alicyclic amines) is 1. The number of hydrogen-bond acceptors (Lipinski definition) is 4. The van der Waals surface area contributed by atoms with Crippen LogP contribution in [0, 0.1) is 11.8 Å². The van der Waals surface area contributed by atoms with Crippen molar-refractivity contribution in [1.29, 1.82) is 0 Å². The quantitative estimate of drug-likeness (QED) is 0.898. The summed E-state index contributed by atoms with van der Waals surface area (Å²) in [6.07, 6.45) is 3.36. The summed E-state index contributed by atoms with van der Waals surface area (Å²) in [4.78, 5) is 16.3. The number of amides is 1. The molecule has 0 unspecified atom stereocenters. The van der Waals surface area contributed by atoms with Gasteiger partial charge in [0, 0.05) is 30.6 Å². The summed E-state index contributed by atoms with van der Waals surface area (Å²) in [5, 5.41) is 5.17. The van der Waals surface area contributed by atoms with Crippen molar-refractivity contribution in [2.24, 2.45) is 11.8 Å². The highest BCUT2D eigenvalue weighted by molar-refractivity contribution is 7.09. The van der Waals surface area contributed by atoms with Crippen LogP contribution in [0.1, 0.15) is 31.6 Å². The van der Waals surface area contributed by atoms with Gasteiger partial charge in [0.1, 0.15) is 0 Å². The number of carbonyl (C=O) groups excluding carboxylic acids is 1. The summed E-state index contributed by atoms with van der Waals surface area (Å²) in [5.74, 6) is 0.696. The zero-order valence-electron chi connectivity index (χ0n) is 14.2. The summed E-state index contributed by atoms with van der Waals surface area (Å²) in [6.45, 7) is 8.01. The van der Waals surface area contributed by atoms with Gasteiger partial charge < -0.3 is 15.0 Å². The van der Waals surface area contributed by atoms with Gasteiger partial charge in [-0.3, -0.25) is 4.79 Å². The molecule has 2 saturated heterocycles. The van der Waals surface area contributed by atoms with Crippen molar-refractivity contribution in [3.63, 3.8) is 0 Å². The fraction of sp³-hybridized carbons (Fsp3) is 0.722. The Morgan fingerprint density at radius 3 is 3.13 bits per heavy atom. The molecule has 0 aromatic carbocycles. The maximum atomic E-state index is 12.4. The average Bonchev–Trinajstić information content (AvgIpc) is 3.07. The Morgan fingerprint density at radius 2 is 2.39 bits per heavy atom. The number of hydrogen-bond donors (Lipinski definition) is 1. The molecule has 2 aliphatic rings. The summed E-state index contributed by atoms with van der Waals surface area (Å²) in [7, 11) is 0. The molecule has 1 aromatic heterocycles. The van der Waals surface area contributed by atoms with Crippen LogP contribution in [0.2, 0.25) is 0 Å². The predicted molar refractivity (Wildman–Crippen MR) is 93.7 cm³/mol. The van der Waals surface area contributed by atoms with E-state index in [1.165, 1.54) is 4.88 Å². The Kier molecular flexibility index (Phi) is 5.72. The molecule has 1 amide bonds. The third kappa shape index (κ3) is 4.34. The molecule has 0 spiro atoms. The van der Waals surface area contributed by atoms with E-state index in [1.54, 1.807) is 11.3 Å². The number of nitrogens with one attached hydrogen (secondary N) is 1. The van der Waals surface area contributed by atoms with Gasteiger partial charge in [-0.15, -0.1) is 11.3 Å². The highest BCUT2D eigenvalue weighted by Crippen LogP contribution is 2.32. The minimum absolute atomic E-state index is 0.0201. The molecular formula is C18H28N2O2S. The van der Waals surface area contributed by atoms with Crippen LogP contribution in [0.3, 0.4) is 0 Å². The van der Waals surface area contributed by atoms with Crippen molar-refractivity contribution in [2.45, 2.75) is 45.3 Å². The van der Waals surface area contributed by atoms with Crippen LogP contribution in [-0.2, 0) is 16.0 Å². The van der Waals surface area contributed by atoms with Gasteiger partial charge in [0.05, 0.1) is 18.6 Å². The minimum Gasteiger partial charge on any atom is -0.377 e. The van der Waals surface area contributed by atoms with Gasteiger partial charge >= 0.3 is 0 Å². The molecule has 5 heteroatoms. The summed E-state index contributed by atoms with van der Waals surface area (Å²) in [5.41, 5.74) is 0. The van der Waals surface area contributed by atoms with Crippen LogP contribution < -0.4 is 5.32 Å². The van der Waals surface area contributed by atoms with E-state index in [0.29, 0.717) is 24.7 Å². The fourth-order valence-electron chi connectivity index (χ4n) is 3.72. The Balaban J connectivity index is 1.46. The molecule has 3 atom stereocenters. The number of piperidine rings is 1. The molecule has 0 saturated carbocycles. The lowest BCUT2D eigenvalue weighted by atomic mass is 9.83. The molecule has 1 N–H and O–H groups in total. The molecule has 2 aliphatic heterocycles. The first-order valence-corrected chi connectivity index (χ1v) is 9.67. The third-order valence-corrected chi connectivity index (χ3v) is 6.08. The van der Waals surface area contributed by atoms with Gasteiger partial charge in [0.25, 0.3) is 0 Å². The molecule has 3 heterocycles. The summed E-state index contributed by atoms with van der Waals surface area (Å²) in [6, 6.07) is 4.75. The van der Waals surface area contributed by atoms with Gasteiger partial charge in [-0.2, -0.15) is 0 Å². The van der Waals surface area contributed by atoms with Crippen molar-refractivity contribution in [3.05, 3.63) is 22.4 Å². The van der Waals surface area contributed by atoms with Crippen LogP contribution in [0.4, 0.5) is 0 Å². The molecule has 0 bridgehead atoms. The highest BCUT2D eigenvalue weighted by Gasteiger charge is 2.38. The number of thiophene rings is 1. The van der Waals surface area contributed by atoms with Crippen molar-refractivity contribution in [1.82, 2.24) is 10.2 Å². The van der Waals surface area contributed by atoms with E-state index < -0.39 is 0 Å². The third-order valence-electron chi connectivity index (χ3n) is 5.15. The molecular weight excluding hydrogens is 308 g/mol. The van der Waals surface area contributed by atoms with Gasteiger partial charge in [-0.05, 0) is 50.5 Å². The van der Waals surface area contributed by atoms with E-state index >= 15 is 0 Å². The topological polar surface area (TPSA) is 41.6 Å². The SMILES string of the molecule is CC(C)N1CC[C@H]2OC[C@H](C(=O)NCCc3cccs3)C[C@H]2C1. The van der Waals surface area contributed by atoms with Gasteiger partial charge in [0.15, 0.2) is 0 Å². The molecule has 0 aliphatic carbocycles. The Labute approximate surface area is 143 Å². The molecule has 4 nitrogen and oxygen atoms in total. The van der Waals surface area contributed by atoms with E-state index in [0.717, 1.165) is 38.9 Å². The first-order chi connectivity index (χ1) is 11.1. The van der Waals surface area contributed by atoms with E-state index in [-0.39, 0.29) is 11.8 Å². The Morgan fingerprint density at radius 1 is 1.52 bits per heavy atom. The molecule has 3 rings (SSSR count). The van der Waals surface area contributed by atoms with Crippen LogP contribution >= 0.6 is 11.3 Å². The summed E-state index contributed by atoms with van der Waals surface area (Å²) < 4.78 is 6.01. The molecule has 2 fully saturated rings. The second-order valence-corrected chi connectivity index (χ2v) is 8.09. The number of nitrogens with zero attached hydrogens (tertiary/aromatic N) is 1. The Bertz CT molecular complexity index is 503. The largest absolute Gasteiger partial charge is 0.377 e. The molecule has 128 valence electrons. The lowest BCUT2D eigenvalue weighted by Gasteiger charge is -2.44. The monoisotopic (exact) mass is 336 g/mol. The van der Waals surface area contributed by atoms with Crippen LogP contribution in [-0.4, -0.2) is 49.2 Å². The molecule has 23 heavy (non-hydrogen) atoms. The van der Waals surface area contributed by atoms with E-state index in [2.05, 4.69) is 41.6 Å². The standard InChI is InChI=1S/C18H28N2O2S/c1-13(2)20-8-6-17-14(11-20)10-15(12-22-17)18(21)19-7-5-16-4-3-9-23-16/h3-4,9,13-15,17H,5-8,10-12H2,1-2H3,(H,19,21)/t14-,15+,17+/m0/s1. The van der Waals surface area contributed by atoms with Crippen molar-refractivity contribution >= 4 is 17.2 Å². The maximum Gasteiger partial charge on any atom is 0.225 e. The van der Waals surface area contributed by atoms with Gasteiger partial charge in [-0.25, -0.2) is 0 Å². The fourth-order valence-corrected chi connectivity index (χ4v) is 4.43. The second kappa shape index (κ2) is 7.77. The lowest BCUT2D eigenvalue weighted by molar-refractivity contribution is -0.139. The average molecular weight is 337 g/mol. The maximum absolute atomic E-state index is 12.4. The van der Waals surface area contributed by atoms with Crippen molar-refractivity contribution in [2.75, 3.05) is 26.2 Å². The van der Waals surface area contributed by atoms with Crippen LogP contribution in [0.5, 0.6) is 0 Å². The van der Waals surface area contributed by atoms with Gasteiger partial charge in [-0.1, -0.05) is 6.07 Å². The minimum atomic E-state index is 0.0201. The Hall–Kier alpha value is -0.910. The normalized spacial score (nSPS) is 28.6. The number of carbonyl (C=O) groups is 1. The number of fused-ring (bicyclic) bond motifs is 1. The van der Waals surface area contributed by atoms with Crippen molar-refractivity contribution in [3.8, 4) is 0 Å². The first kappa shape index (κ1) is 16.9. The van der Waals surface area contributed by atoms with Crippen molar-refractivity contribution < 1.29 is 9.53 Å². The predicted octanol–water partition coefficient (Wildman–Crippen LogP) is 2.54. The highest BCUT2D eigenvalue weighted by atomic mass is 32.1. The lowest BCUT2D eigenvalue weighted by Crippen LogP contribution is -2.52. The first-order valence-electron chi connectivity index (χ1n) is 8.79. The van der Waals surface area contributed by atoms with Crippen LogP contribution in [0.25, 0.3) is 0 Å². The van der Waals surface area contributed by atoms with Gasteiger partial charge in [0.2, 0.25) is 5.91 Å². The number of rotatable bonds is 5. The van der Waals surface area contributed by atoms with E-state index in [4.69, 9.17) is 4.74 Å². The zero-order valence-corrected chi connectivity index (χ0v) is 15.0. The molecule has 1 aromatic rings. The molecule has 0 radical (unpaired) electrons.